The zero-order valence-electron chi connectivity index (χ0n) is 27.2. The number of anilines is 2. The van der Waals surface area contributed by atoms with E-state index in [1.807, 2.05) is 4.90 Å². The minimum absolute atomic E-state index is 0.00428. The molecule has 3 N–H and O–H groups in total. The molecule has 266 valence electrons. The van der Waals surface area contributed by atoms with Crippen LogP contribution in [0.15, 0.2) is 6.07 Å². The minimum Gasteiger partial charge on any atom is -0.472 e. The summed E-state index contributed by atoms with van der Waals surface area (Å²) < 4.78 is 122. The normalized spacial score (nSPS) is 26.9. The van der Waals surface area contributed by atoms with Gasteiger partial charge in [0.05, 0.1) is 29.3 Å². The molecule has 3 aromatic rings. The summed E-state index contributed by atoms with van der Waals surface area (Å²) in [5, 5.41) is 3.54. The fraction of sp³-hybridized carbons (Fsp3) is 0.594. The van der Waals surface area contributed by atoms with Gasteiger partial charge in [0.1, 0.15) is 40.9 Å². The standard InChI is InChI=1S/C32H36F7N7O3/c1-14-21(32(37,38)39)17(9-18(40)22(14)33)24-23(34)25-20-27(46-10-16-5-6-19(41-16)26(46)15(2)49-28(20)42-24)44-29(43-25)48-13-30(11-31(30,35)36)12-45(3)7-8-47-4/h9,15-16,19,26,41H,5-8,10-13,40H2,1-4H3/t15-,16+,19-,26+,30?/m0/s1. The smallest absolute Gasteiger partial charge is 0.417 e. The summed E-state index contributed by atoms with van der Waals surface area (Å²) in [5.41, 5.74) is -0.882. The third-order valence-corrected chi connectivity index (χ3v) is 10.2. The molecule has 2 bridgehead atoms. The number of rotatable bonds is 9. The van der Waals surface area contributed by atoms with Crippen molar-refractivity contribution in [1.82, 2.24) is 25.2 Å². The number of aromatic nitrogens is 3. The predicted molar refractivity (Wildman–Crippen MR) is 165 cm³/mol. The number of nitrogens with zero attached hydrogens (tertiary/aromatic N) is 5. The van der Waals surface area contributed by atoms with Gasteiger partial charge in [-0.05, 0) is 45.4 Å². The van der Waals surface area contributed by atoms with Crippen LogP contribution < -0.4 is 25.4 Å². The van der Waals surface area contributed by atoms with E-state index in [-0.39, 0.29) is 41.8 Å². The molecule has 1 aliphatic carbocycles. The molecular formula is C32H36F7N7O3. The van der Waals surface area contributed by atoms with Crippen LogP contribution in [0.2, 0.25) is 0 Å². The van der Waals surface area contributed by atoms with E-state index in [4.69, 9.17) is 19.9 Å². The molecule has 17 heteroatoms. The van der Waals surface area contributed by atoms with Gasteiger partial charge in [-0.15, -0.1) is 0 Å². The lowest BCUT2D eigenvalue weighted by atomic mass is 9.96. The summed E-state index contributed by atoms with van der Waals surface area (Å²) in [6, 6.07) is -0.101. The lowest BCUT2D eigenvalue weighted by Crippen LogP contribution is -2.62. The second kappa shape index (κ2) is 11.7. The van der Waals surface area contributed by atoms with Crippen molar-refractivity contribution in [2.45, 2.75) is 69.4 Å². The first-order valence-electron chi connectivity index (χ1n) is 16.0. The lowest BCUT2D eigenvalue weighted by Gasteiger charge is -2.42. The number of alkyl halides is 5. The molecule has 5 atom stereocenters. The van der Waals surface area contributed by atoms with Gasteiger partial charge in [-0.2, -0.15) is 23.1 Å². The molecule has 0 spiro atoms. The molecule has 5 heterocycles. The molecule has 3 fully saturated rings. The topological polar surface area (TPSA) is 111 Å². The molecule has 7 rings (SSSR count). The first-order valence-corrected chi connectivity index (χ1v) is 16.0. The molecule has 3 aliphatic heterocycles. The number of piperazine rings is 1. The van der Waals surface area contributed by atoms with Crippen LogP contribution in [0.5, 0.6) is 11.9 Å². The highest BCUT2D eigenvalue weighted by Gasteiger charge is 2.72. The molecule has 0 radical (unpaired) electrons. The third kappa shape index (κ3) is 5.57. The van der Waals surface area contributed by atoms with Crippen LogP contribution in [-0.2, 0) is 10.9 Å². The summed E-state index contributed by atoms with van der Waals surface area (Å²) in [7, 11) is 3.19. The third-order valence-electron chi connectivity index (χ3n) is 10.2. The van der Waals surface area contributed by atoms with E-state index in [2.05, 4.69) is 20.3 Å². The Bertz CT molecular complexity index is 1810. The van der Waals surface area contributed by atoms with Crippen molar-refractivity contribution < 1.29 is 44.9 Å². The highest BCUT2D eigenvalue weighted by atomic mass is 19.4. The maximum atomic E-state index is 16.8. The van der Waals surface area contributed by atoms with E-state index in [1.54, 1.807) is 18.9 Å². The van der Waals surface area contributed by atoms with Gasteiger partial charge in [-0.25, -0.2) is 22.5 Å². The van der Waals surface area contributed by atoms with Crippen LogP contribution in [0.4, 0.5) is 42.2 Å². The van der Waals surface area contributed by atoms with Gasteiger partial charge >= 0.3 is 12.2 Å². The summed E-state index contributed by atoms with van der Waals surface area (Å²) in [4.78, 5) is 16.7. The number of benzene rings is 1. The van der Waals surface area contributed by atoms with Crippen LogP contribution >= 0.6 is 0 Å². The number of nitrogens with one attached hydrogen (secondary N) is 1. The average Bonchev–Trinajstić information content (AvgIpc) is 3.41. The Morgan fingerprint density at radius 1 is 1.16 bits per heavy atom. The Kier molecular flexibility index (Phi) is 8.06. The molecule has 0 amide bonds. The number of pyridine rings is 1. The Balaban J connectivity index is 1.39. The molecule has 1 saturated carbocycles. The number of hydrogen-bond acceptors (Lipinski definition) is 10. The fourth-order valence-electron chi connectivity index (χ4n) is 7.70. The quantitative estimate of drug-likeness (QED) is 0.235. The van der Waals surface area contributed by atoms with E-state index in [9.17, 15) is 26.3 Å². The molecule has 4 aliphatic rings. The van der Waals surface area contributed by atoms with E-state index in [0.29, 0.717) is 25.8 Å². The van der Waals surface area contributed by atoms with Crippen LogP contribution in [0.3, 0.4) is 0 Å². The second-order valence-electron chi connectivity index (χ2n) is 13.7. The van der Waals surface area contributed by atoms with Crippen LogP contribution in [-0.4, -0.2) is 97.0 Å². The molecular weight excluding hydrogens is 663 g/mol. The number of fused-ring (bicyclic) bond motifs is 5. The maximum absolute atomic E-state index is 16.8. The summed E-state index contributed by atoms with van der Waals surface area (Å²) in [6.45, 7) is 3.28. The summed E-state index contributed by atoms with van der Waals surface area (Å²) in [6.07, 6.45) is -4.51. The highest BCUT2D eigenvalue weighted by Crippen LogP contribution is 2.61. The monoisotopic (exact) mass is 699 g/mol. The number of likely N-dealkylation sites (N-methyl/N-ethyl adjacent to an activating group) is 1. The van der Waals surface area contributed by atoms with Crippen molar-refractivity contribution in [3.05, 3.63) is 28.8 Å². The first kappa shape index (κ1) is 33.8. The van der Waals surface area contributed by atoms with Crippen molar-refractivity contribution >= 4 is 22.4 Å². The minimum atomic E-state index is -5.11. The SMILES string of the molecule is COCCN(C)CC1(COc2nc3c4c(nc(-c5cc(N)c(F)c(C)c5C(F)(F)F)c(F)c4n2)O[C@@H](C)[C@@H]2[C@@H]4CC[C@H](CN32)N4)CC1(F)F. The largest absolute Gasteiger partial charge is 0.472 e. The molecule has 1 aromatic carbocycles. The van der Waals surface area contributed by atoms with Gasteiger partial charge in [0.25, 0.3) is 5.92 Å². The van der Waals surface area contributed by atoms with E-state index >= 15 is 4.39 Å². The van der Waals surface area contributed by atoms with Gasteiger partial charge in [0.2, 0.25) is 5.88 Å². The number of methoxy groups -OCH3 is 1. The zero-order valence-corrected chi connectivity index (χ0v) is 27.2. The number of nitrogen functional groups attached to an aromatic ring is 1. The van der Waals surface area contributed by atoms with Gasteiger partial charge < -0.3 is 35.1 Å². The van der Waals surface area contributed by atoms with Crippen molar-refractivity contribution in [2.75, 3.05) is 57.6 Å². The summed E-state index contributed by atoms with van der Waals surface area (Å²) >= 11 is 0. The molecule has 2 aromatic heterocycles. The number of hydrogen-bond donors (Lipinski definition) is 2. The summed E-state index contributed by atoms with van der Waals surface area (Å²) in [5.74, 6) is -5.70. The average molecular weight is 700 g/mol. The molecule has 49 heavy (non-hydrogen) atoms. The highest BCUT2D eigenvalue weighted by molar-refractivity contribution is 5.97. The Morgan fingerprint density at radius 3 is 2.57 bits per heavy atom. The maximum Gasteiger partial charge on any atom is 0.417 e. The van der Waals surface area contributed by atoms with E-state index < -0.39 is 87.9 Å². The van der Waals surface area contributed by atoms with E-state index in [1.165, 1.54) is 7.11 Å². The lowest BCUT2D eigenvalue weighted by molar-refractivity contribution is -0.137. The second-order valence-corrected chi connectivity index (χ2v) is 13.7. The predicted octanol–water partition coefficient (Wildman–Crippen LogP) is 4.95. The Morgan fingerprint density at radius 2 is 1.90 bits per heavy atom. The first-order chi connectivity index (χ1) is 23.0. The van der Waals surface area contributed by atoms with Crippen LogP contribution in [0.25, 0.3) is 22.2 Å². The molecule has 2 saturated heterocycles. The van der Waals surface area contributed by atoms with Crippen molar-refractivity contribution in [3.8, 4) is 23.1 Å². The van der Waals surface area contributed by atoms with Gasteiger partial charge in [0, 0.05) is 50.8 Å². The van der Waals surface area contributed by atoms with Crippen molar-refractivity contribution in [1.29, 1.82) is 0 Å². The van der Waals surface area contributed by atoms with Crippen LogP contribution in [0, 0.1) is 24.0 Å². The Labute approximate surface area is 277 Å². The fourth-order valence-corrected chi connectivity index (χ4v) is 7.70. The van der Waals surface area contributed by atoms with Gasteiger partial charge in [-0.3, -0.25) is 0 Å². The number of halogens is 7. The van der Waals surface area contributed by atoms with E-state index in [0.717, 1.165) is 19.8 Å². The number of ether oxygens (including phenoxy) is 3. The van der Waals surface area contributed by atoms with Gasteiger partial charge in [0.15, 0.2) is 5.82 Å². The van der Waals surface area contributed by atoms with Crippen molar-refractivity contribution in [3.63, 3.8) is 0 Å². The van der Waals surface area contributed by atoms with Crippen LogP contribution in [0.1, 0.15) is 37.3 Å². The zero-order chi connectivity index (χ0) is 35.2. The van der Waals surface area contributed by atoms with Crippen molar-refractivity contribution in [2.24, 2.45) is 5.41 Å². The number of nitrogens with two attached hydrogens (primary N) is 1. The Hall–Kier alpha value is -3.70. The molecule has 1 unspecified atom stereocenters. The molecule has 10 nitrogen and oxygen atoms in total. The van der Waals surface area contributed by atoms with Gasteiger partial charge in [-0.1, -0.05) is 0 Å².